The number of Topliss-reactive ketones (excluding diaryl/α,β-unsaturated/α-hetero) is 1. The number of thiophene rings is 1. The van der Waals surface area contributed by atoms with Crippen LogP contribution in [-0.4, -0.2) is 41.1 Å². The highest BCUT2D eigenvalue weighted by molar-refractivity contribution is 7.12. The molecule has 0 bridgehead atoms. The summed E-state index contributed by atoms with van der Waals surface area (Å²) in [5.41, 5.74) is 0.294. The Labute approximate surface area is 121 Å². The van der Waals surface area contributed by atoms with Gasteiger partial charge in [0.15, 0.2) is 5.78 Å². The van der Waals surface area contributed by atoms with E-state index >= 15 is 0 Å². The highest BCUT2D eigenvalue weighted by Crippen LogP contribution is 2.46. The lowest BCUT2D eigenvalue weighted by molar-refractivity contribution is -0.0932. The van der Waals surface area contributed by atoms with Gasteiger partial charge >= 0.3 is 6.09 Å². The molecule has 1 amide bonds. The van der Waals surface area contributed by atoms with E-state index in [1.165, 1.54) is 4.90 Å². The van der Waals surface area contributed by atoms with Gasteiger partial charge in [0, 0.05) is 34.3 Å². The van der Waals surface area contributed by atoms with Gasteiger partial charge in [-0.2, -0.15) is 0 Å². The maximum absolute atomic E-state index is 12.0. The number of rotatable bonds is 0. The molecule has 1 aromatic rings. The number of nitrogens with zero attached hydrogens (tertiary/aromatic N) is 1. The molecular weight excluding hydrogens is 278 g/mol. The van der Waals surface area contributed by atoms with E-state index < -0.39 is 11.7 Å². The van der Waals surface area contributed by atoms with Gasteiger partial charge in [-0.25, -0.2) is 4.79 Å². The van der Waals surface area contributed by atoms with E-state index in [1.807, 2.05) is 19.9 Å². The predicted octanol–water partition coefficient (Wildman–Crippen LogP) is 2.63. The van der Waals surface area contributed by atoms with Crippen LogP contribution in [0.25, 0.3) is 0 Å². The zero-order chi connectivity index (χ0) is 14.5. The van der Waals surface area contributed by atoms with Crippen LogP contribution in [0.3, 0.4) is 0 Å². The van der Waals surface area contributed by atoms with Crippen molar-refractivity contribution in [1.29, 1.82) is 0 Å². The number of ether oxygens (including phenoxy) is 1. The Morgan fingerprint density at radius 1 is 1.60 bits per heavy atom. The lowest BCUT2D eigenvalue weighted by atomic mass is 9.82. The van der Waals surface area contributed by atoms with Gasteiger partial charge in [-0.1, -0.05) is 0 Å². The maximum atomic E-state index is 12.0. The molecule has 3 heterocycles. The highest BCUT2D eigenvalue weighted by atomic mass is 32.1. The maximum Gasteiger partial charge on any atom is 0.407 e. The average Bonchev–Trinajstić information content (AvgIpc) is 2.78. The Morgan fingerprint density at radius 2 is 2.35 bits per heavy atom. The number of carboxylic acid groups (broad SMARTS) is 1. The molecule has 3 rings (SSSR count). The first-order valence-corrected chi connectivity index (χ1v) is 7.52. The number of likely N-dealkylation sites (tertiary alicyclic amines) is 1. The fourth-order valence-corrected chi connectivity index (χ4v) is 4.45. The quantitative estimate of drug-likeness (QED) is 0.799. The number of hydrogen-bond donors (Lipinski definition) is 1. The van der Waals surface area contributed by atoms with Crippen LogP contribution in [0, 0.1) is 6.92 Å². The van der Waals surface area contributed by atoms with Crippen LogP contribution >= 0.6 is 11.3 Å². The predicted molar refractivity (Wildman–Crippen MR) is 74.4 cm³/mol. The van der Waals surface area contributed by atoms with Crippen molar-refractivity contribution >= 4 is 23.2 Å². The summed E-state index contributed by atoms with van der Waals surface area (Å²) >= 11 is 1.60. The smallest absolute Gasteiger partial charge is 0.407 e. The molecule has 0 radical (unpaired) electrons. The molecule has 1 saturated heterocycles. The van der Waals surface area contributed by atoms with Gasteiger partial charge in [0.05, 0.1) is 0 Å². The molecule has 0 aromatic carbocycles. The number of hydrogen-bond acceptors (Lipinski definition) is 4. The lowest BCUT2D eigenvalue weighted by Gasteiger charge is -2.45. The molecule has 108 valence electrons. The Morgan fingerprint density at radius 3 is 3.00 bits per heavy atom. The Balaban J connectivity index is 1.97. The van der Waals surface area contributed by atoms with Gasteiger partial charge in [0.2, 0.25) is 0 Å². The standard InChI is InChI=1S/C14H17NO4S/c1-8-6-14(3-4-15(8)13(17)18)12-10(5-9(2)20-12)11(16)7-19-14/h5,8H,3-4,6-7H2,1-2H3,(H,17,18). The largest absolute Gasteiger partial charge is 0.465 e. The second-order valence-corrected chi connectivity index (χ2v) is 6.84. The van der Waals surface area contributed by atoms with Crippen LogP contribution in [0.2, 0.25) is 0 Å². The third-order valence-electron chi connectivity index (χ3n) is 4.21. The number of carbonyl (C=O) groups excluding carboxylic acids is 1. The van der Waals surface area contributed by atoms with Crippen LogP contribution in [0.5, 0.6) is 0 Å². The van der Waals surface area contributed by atoms with Gasteiger partial charge in [-0.05, 0) is 26.3 Å². The molecule has 0 saturated carbocycles. The van der Waals surface area contributed by atoms with Gasteiger partial charge < -0.3 is 14.7 Å². The molecule has 2 unspecified atom stereocenters. The minimum absolute atomic E-state index is 0.0308. The fraction of sp³-hybridized carbons (Fsp3) is 0.571. The first-order chi connectivity index (χ1) is 9.43. The summed E-state index contributed by atoms with van der Waals surface area (Å²) in [4.78, 5) is 26.7. The van der Waals surface area contributed by atoms with Crippen molar-refractivity contribution in [3.05, 3.63) is 21.4 Å². The van der Waals surface area contributed by atoms with E-state index in [9.17, 15) is 14.7 Å². The first-order valence-electron chi connectivity index (χ1n) is 6.70. The van der Waals surface area contributed by atoms with Gasteiger partial charge in [-0.3, -0.25) is 4.79 Å². The number of piperidine rings is 1. The van der Waals surface area contributed by atoms with Gasteiger partial charge in [0.1, 0.15) is 12.2 Å². The summed E-state index contributed by atoms with van der Waals surface area (Å²) in [6, 6.07) is 1.82. The SMILES string of the molecule is Cc1cc2c(s1)C1(CCN(C(=O)O)C(C)C1)OCC2=O. The number of aryl methyl sites for hydroxylation is 1. The molecule has 0 aliphatic carbocycles. The lowest BCUT2D eigenvalue weighted by Crippen LogP contribution is -2.52. The molecule has 1 aromatic heterocycles. The molecule has 2 aliphatic heterocycles. The van der Waals surface area contributed by atoms with E-state index in [4.69, 9.17) is 4.74 Å². The number of carbonyl (C=O) groups is 2. The minimum atomic E-state index is -0.887. The van der Waals surface area contributed by atoms with Gasteiger partial charge in [0.25, 0.3) is 0 Å². The van der Waals surface area contributed by atoms with E-state index in [1.54, 1.807) is 11.3 Å². The van der Waals surface area contributed by atoms with Crippen molar-refractivity contribution in [2.75, 3.05) is 13.2 Å². The minimum Gasteiger partial charge on any atom is -0.465 e. The molecule has 2 aliphatic rings. The van der Waals surface area contributed by atoms with Crippen molar-refractivity contribution in [2.24, 2.45) is 0 Å². The summed E-state index contributed by atoms with van der Waals surface area (Å²) in [7, 11) is 0. The van der Waals surface area contributed by atoms with Crippen LogP contribution in [0.15, 0.2) is 6.07 Å². The van der Waals surface area contributed by atoms with Crippen LogP contribution < -0.4 is 0 Å². The molecule has 1 fully saturated rings. The third kappa shape index (κ3) is 1.94. The zero-order valence-electron chi connectivity index (χ0n) is 11.5. The number of fused-ring (bicyclic) bond motifs is 2. The molecular formula is C14H17NO4S. The highest BCUT2D eigenvalue weighted by Gasteiger charge is 2.47. The second-order valence-electron chi connectivity index (χ2n) is 5.59. The molecule has 1 N–H and O–H groups in total. The summed E-state index contributed by atoms with van der Waals surface area (Å²) in [6.45, 7) is 4.43. The number of amides is 1. The molecule has 6 heteroatoms. The van der Waals surface area contributed by atoms with Crippen molar-refractivity contribution < 1.29 is 19.4 Å². The Bertz CT molecular complexity index is 582. The topological polar surface area (TPSA) is 66.8 Å². The second kappa shape index (κ2) is 4.56. The Kier molecular flexibility index (Phi) is 3.10. The number of ketones is 1. The molecule has 5 nitrogen and oxygen atoms in total. The first kappa shape index (κ1) is 13.6. The van der Waals surface area contributed by atoms with E-state index in [0.29, 0.717) is 19.4 Å². The molecule has 1 spiro atoms. The Hall–Kier alpha value is -1.40. The summed E-state index contributed by atoms with van der Waals surface area (Å²) in [6.07, 6.45) is 0.338. The van der Waals surface area contributed by atoms with E-state index in [-0.39, 0.29) is 18.4 Å². The van der Waals surface area contributed by atoms with E-state index in [0.717, 1.165) is 15.3 Å². The van der Waals surface area contributed by atoms with Crippen molar-refractivity contribution in [3.8, 4) is 0 Å². The van der Waals surface area contributed by atoms with Crippen molar-refractivity contribution in [3.63, 3.8) is 0 Å². The fourth-order valence-electron chi connectivity index (χ4n) is 3.24. The third-order valence-corrected chi connectivity index (χ3v) is 5.44. The van der Waals surface area contributed by atoms with Gasteiger partial charge in [-0.15, -0.1) is 11.3 Å². The van der Waals surface area contributed by atoms with Crippen molar-refractivity contribution in [2.45, 2.75) is 38.3 Å². The van der Waals surface area contributed by atoms with Crippen LogP contribution in [0.1, 0.15) is 39.9 Å². The normalized spacial score (nSPS) is 29.6. The monoisotopic (exact) mass is 295 g/mol. The molecule has 20 heavy (non-hydrogen) atoms. The van der Waals surface area contributed by atoms with Crippen molar-refractivity contribution in [1.82, 2.24) is 4.90 Å². The van der Waals surface area contributed by atoms with Crippen LogP contribution in [0.4, 0.5) is 4.79 Å². The summed E-state index contributed by atoms with van der Waals surface area (Å²) in [5.74, 6) is 0.0308. The summed E-state index contributed by atoms with van der Waals surface area (Å²) in [5, 5.41) is 9.17. The molecule has 2 atom stereocenters. The summed E-state index contributed by atoms with van der Waals surface area (Å²) < 4.78 is 5.90. The average molecular weight is 295 g/mol. The zero-order valence-corrected chi connectivity index (χ0v) is 12.3. The van der Waals surface area contributed by atoms with Crippen LogP contribution in [-0.2, 0) is 10.3 Å². The van der Waals surface area contributed by atoms with E-state index in [2.05, 4.69) is 0 Å².